The zero-order chi connectivity index (χ0) is 5.70. The number of hydrogen-bond acceptors (Lipinski definition) is 2. The third kappa shape index (κ3) is 4.67. The van der Waals surface area contributed by atoms with Gasteiger partial charge in [0.15, 0.2) is 0 Å². The van der Waals surface area contributed by atoms with Crippen LogP contribution in [0.2, 0.25) is 0 Å². The van der Waals surface area contributed by atoms with Crippen LogP contribution in [0.3, 0.4) is 0 Å². The highest BCUT2D eigenvalue weighted by Gasteiger charge is 1.83. The topological polar surface area (TPSA) is 91.5 Å². The zero-order valence-electron chi connectivity index (χ0n) is 3.11. The zero-order valence-corrected chi connectivity index (χ0v) is 3.11. The molecule has 0 saturated carbocycles. The van der Waals surface area contributed by atoms with Gasteiger partial charge in [-0.1, -0.05) is 0 Å². The number of rotatable bonds is 1. The van der Waals surface area contributed by atoms with Gasteiger partial charge >= 0.3 is 6.09 Å². The fourth-order valence-electron chi connectivity index (χ4n) is 0.0565. The summed E-state index contributed by atoms with van der Waals surface area (Å²) in [4.78, 5) is 18.2. The van der Waals surface area contributed by atoms with E-state index in [4.69, 9.17) is 10.0 Å². The fourth-order valence-corrected chi connectivity index (χ4v) is 0.0565. The minimum atomic E-state index is -1.53. The van der Waals surface area contributed by atoms with Crippen LogP contribution in [0.5, 0.6) is 0 Å². The lowest BCUT2D eigenvalue weighted by Gasteiger charge is -1.65. The molecule has 0 aliphatic carbocycles. The summed E-state index contributed by atoms with van der Waals surface area (Å²) in [6, 6.07) is 0. The Morgan fingerprint density at radius 3 is 2.29 bits per heavy atom. The SMILES string of the molecule is O=NN=NC(=O)O. The fraction of sp³-hybridized carbons (Fsp3) is 0. The van der Waals surface area contributed by atoms with Crippen molar-refractivity contribution in [2.45, 2.75) is 0 Å². The van der Waals surface area contributed by atoms with Gasteiger partial charge in [-0.05, 0) is 5.11 Å². The number of carbonyl (C=O) groups is 1. The molecule has 0 aromatic heterocycles. The average Bonchev–Trinajstić information content (AvgIpc) is 1.61. The highest BCUT2D eigenvalue weighted by molar-refractivity contribution is 5.64. The van der Waals surface area contributed by atoms with Crippen LogP contribution in [-0.2, 0) is 0 Å². The highest BCUT2D eigenvalue weighted by atomic mass is 16.4. The van der Waals surface area contributed by atoms with E-state index < -0.39 is 6.09 Å². The van der Waals surface area contributed by atoms with Crippen molar-refractivity contribution >= 4 is 6.09 Å². The Balaban J connectivity index is 3.46. The first kappa shape index (κ1) is 5.67. The predicted octanol–water partition coefficient (Wildman–Crippen LogP) is 0.798. The van der Waals surface area contributed by atoms with E-state index in [0.29, 0.717) is 0 Å². The van der Waals surface area contributed by atoms with Crippen LogP contribution in [0.4, 0.5) is 4.79 Å². The number of nitrogens with zero attached hydrogens (tertiary/aromatic N) is 3. The van der Waals surface area contributed by atoms with E-state index in [9.17, 15) is 4.79 Å². The van der Waals surface area contributed by atoms with E-state index in [1.807, 2.05) is 0 Å². The molecule has 0 fully saturated rings. The molecule has 6 nitrogen and oxygen atoms in total. The summed E-state index contributed by atoms with van der Waals surface area (Å²) in [6.07, 6.45) is -1.53. The molecule has 0 bridgehead atoms. The van der Waals surface area contributed by atoms with Crippen LogP contribution in [0.1, 0.15) is 0 Å². The normalized spacial score (nSPS) is 9.14. The molecule has 0 aromatic rings. The summed E-state index contributed by atoms with van der Waals surface area (Å²) >= 11 is 0. The molecule has 6 heteroatoms. The third-order valence-electron chi connectivity index (χ3n) is 0.167. The Morgan fingerprint density at radius 2 is 2.14 bits per heavy atom. The van der Waals surface area contributed by atoms with Crippen LogP contribution in [-0.4, -0.2) is 11.2 Å². The Hall–Kier alpha value is -1.33. The molecule has 0 aromatic carbocycles. The molecule has 0 unspecified atom stereocenters. The van der Waals surface area contributed by atoms with E-state index in [2.05, 4.69) is 10.3 Å². The molecule has 1 amide bonds. The Morgan fingerprint density at radius 1 is 1.57 bits per heavy atom. The van der Waals surface area contributed by atoms with E-state index in [1.54, 1.807) is 5.29 Å². The molecule has 7 heavy (non-hydrogen) atoms. The van der Waals surface area contributed by atoms with Crippen LogP contribution in [0.15, 0.2) is 15.6 Å². The summed E-state index contributed by atoms with van der Waals surface area (Å²) in [5.74, 6) is 0. The van der Waals surface area contributed by atoms with Crippen LogP contribution in [0, 0.1) is 4.91 Å². The Kier molecular flexibility index (Phi) is 2.34. The van der Waals surface area contributed by atoms with Crippen molar-refractivity contribution in [3.8, 4) is 0 Å². The highest BCUT2D eigenvalue weighted by Crippen LogP contribution is 1.74. The summed E-state index contributed by atoms with van der Waals surface area (Å²) in [5.41, 5.74) is 0. The third-order valence-corrected chi connectivity index (χ3v) is 0.167. The summed E-state index contributed by atoms with van der Waals surface area (Å²) < 4.78 is 0. The minimum absolute atomic E-state index is 1.53. The van der Waals surface area contributed by atoms with Crippen molar-refractivity contribution in [2.75, 3.05) is 0 Å². The lowest BCUT2D eigenvalue weighted by molar-refractivity contribution is 0.203. The molecule has 0 rings (SSSR count). The van der Waals surface area contributed by atoms with Gasteiger partial charge in [0.05, 0.1) is 0 Å². The second-order valence-electron chi connectivity index (χ2n) is 0.554. The monoisotopic (exact) mass is 103 g/mol. The average molecular weight is 103 g/mol. The second-order valence-corrected chi connectivity index (χ2v) is 0.554. The molecule has 0 aliphatic rings. The van der Waals surface area contributed by atoms with Gasteiger partial charge in [-0.2, -0.15) is 0 Å². The molecule has 0 radical (unpaired) electrons. The summed E-state index contributed by atoms with van der Waals surface area (Å²) in [6.45, 7) is 0. The smallest absolute Gasteiger partial charge is 0.451 e. The molecular weight excluding hydrogens is 102 g/mol. The van der Waals surface area contributed by atoms with Gasteiger partial charge in [0.25, 0.3) is 0 Å². The van der Waals surface area contributed by atoms with Gasteiger partial charge in [-0.3, -0.25) is 0 Å². The first-order valence-electron chi connectivity index (χ1n) is 1.23. The second kappa shape index (κ2) is 2.88. The van der Waals surface area contributed by atoms with Crippen molar-refractivity contribution in [3.63, 3.8) is 0 Å². The maximum atomic E-state index is 9.30. The molecule has 0 atom stereocenters. The predicted molar refractivity (Wildman–Crippen MR) is 18.7 cm³/mol. The molecule has 0 aliphatic heterocycles. The molecule has 0 saturated heterocycles. The number of hydrogen-bond donors (Lipinski definition) is 1. The van der Waals surface area contributed by atoms with E-state index in [-0.39, 0.29) is 0 Å². The Labute approximate surface area is 37.8 Å². The van der Waals surface area contributed by atoms with Gasteiger partial charge < -0.3 is 5.11 Å². The lowest BCUT2D eigenvalue weighted by Crippen LogP contribution is -1.79. The molecule has 0 spiro atoms. The largest absolute Gasteiger partial charge is 0.462 e. The van der Waals surface area contributed by atoms with Gasteiger partial charge in [-0.25, -0.2) is 4.79 Å². The van der Waals surface area contributed by atoms with Gasteiger partial charge in [0, 0.05) is 5.22 Å². The van der Waals surface area contributed by atoms with Crippen molar-refractivity contribution in [1.29, 1.82) is 0 Å². The quantitative estimate of drug-likeness (QED) is 0.302. The van der Waals surface area contributed by atoms with Crippen LogP contribution >= 0.6 is 0 Å². The van der Waals surface area contributed by atoms with Gasteiger partial charge in [0.2, 0.25) is 0 Å². The standard InChI is InChI=1S/CHN3O3/c5-1(6)2-3-4-7/h(H,5,6). The number of carboxylic acid groups (broad SMARTS) is 1. The molecule has 38 valence electrons. The van der Waals surface area contributed by atoms with Crippen molar-refractivity contribution in [3.05, 3.63) is 4.91 Å². The Bertz CT molecular complexity index is 107. The summed E-state index contributed by atoms with van der Waals surface area (Å²) in [7, 11) is 0. The van der Waals surface area contributed by atoms with E-state index in [0.717, 1.165) is 0 Å². The summed E-state index contributed by atoms with van der Waals surface area (Å²) in [5, 5.41) is 14.0. The van der Waals surface area contributed by atoms with E-state index in [1.165, 1.54) is 0 Å². The van der Waals surface area contributed by atoms with Crippen molar-refractivity contribution < 1.29 is 9.90 Å². The van der Waals surface area contributed by atoms with Crippen molar-refractivity contribution in [1.82, 2.24) is 0 Å². The van der Waals surface area contributed by atoms with Crippen LogP contribution in [0.25, 0.3) is 0 Å². The van der Waals surface area contributed by atoms with Gasteiger partial charge in [-0.15, -0.1) is 4.91 Å². The molecule has 1 N–H and O–H groups in total. The molecule has 0 heterocycles. The molecular formula is CHN3O3. The first-order valence-corrected chi connectivity index (χ1v) is 1.23. The number of nitroso groups, excluding NO2 is 1. The van der Waals surface area contributed by atoms with Gasteiger partial charge in [0.1, 0.15) is 5.29 Å². The minimum Gasteiger partial charge on any atom is -0.462 e. The lowest BCUT2D eigenvalue weighted by atomic mass is 11.3. The maximum Gasteiger partial charge on any atom is 0.451 e. The maximum absolute atomic E-state index is 9.30. The van der Waals surface area contributed by atoms with E-state index >= 15 is 0 Å². The number of amides is 1. The van der Waals surface area contributed by atoms with Crippen LogP contribution < -0.4 is 0 Å². The van der Waals surface area contributed by atoms with Crippen molar-refractivity contribution in [2.24, 2.45) is 15.6 Å². The first-order chi connectivity index (χ1) is 3.27.